The first-order valence-corrected chi connectivity index (χ1v) is 14.8. The zero-order valence-electron chi connectivity index (χ0n) is 25.0. The van der Waals surface area contributed by atoms with Crippen molar-refractivity contribution in [2.24, 2.45) is 0 Å². The molecule has 13 heteroatoms. The van der Waals surface area contributed by atoms with Gasteiger partial charge in [-0.3, -0.25) is 9.89 Å². The van der Waals surface area contributed by atoms with Crippen LogP contribution in [-0.4, -0.2) is 50.8 Å². The van der Waals surface area contributed by atoms with Crippen molar-refractivity contribution in [3.63, 3.8) is 0 Å². The summed E-state index contributed by atoms with van der Waals surface area (Å²) in [4.78, 5) is 23.0. The van der Waals surface area contributed by atoms with E-state index in [1.165, 1.54) is 30.1 Å². The Morgan fingerprint density at radius 3 is 1.93 bits per heavy atom. The van der Waals surface area contributed by atoms with E-state index in [-0.39, 0.29) is 47.0 Å². The smallest absolute Gasteiger partial charge is 0.266 e. The number of carbonyl (C=O) groups excluding carboxylic acids is 1. The molecule has 0 aliphatic carbocycles. The first-order chi connectivity index (χ1) is 21.8. The van der Waals surface area contributed by atoms with Crippen LogP contribution in [0.25, 0.3) is 11.3 Å². The minimum Gasteiger partial charge on any atom is -0.497 e. The van der Waals surface area contributed by atoms with Gasteiger partial charge in [0, 0.05) is 16.5 Å². The zero-order chi connectivity index (χ0) is 31.8. The van der Waals surface area contributed by atoms with Crippen molar-refractivity contribution < 1.29 is 28.1 Å². The molecule has 0 aliphatic heterocycles. The third-order valence-electron chi connectivity index (χ3n) is 6.38. The normalized spacial score (nSPS) is 10.9. The molecule has 0 saturated carbocycles. The highest BCUT2D eigenvalue weighted by Gasteiger charge is 2.26. The molecule has 0 fully saturated rings. The Hall–Kier alpha value is -5.17. The number of hydrogen-bond donors (Lipinski definition) is 2. The third kappa shape index (κ3) is 8.06. The van der Waals surface area contributed by atoms with Gasteiger partial charge < -0.3 is 24.3 Å². The summed E-state index contributed by atoms with van der Waals surface area (Å²) in [5.74, 6) is 0.212. The number of benzene rings is 3. The molecule has 0 aliphatic rings. The maximum Gasteiger partial charge on any atom is 0.266 e. The molecule has 0 bridgehead atoms. The van der Waals surface area contributed by atoms with Gasteiger partial charge in [0.25, 0.3) is 5.91 Å². The molecule has 2 N–H and O–H groups in total. The van der Waals surface area contributed by atoms with Crippen LogP contribution in [0.5, 0.6) is 23.3 Å². The van der Waals surface area contributed by atoms with Gasteiger partial charge in [-0.2, -0.15) is 9.97 Å². The SMILES string of the molecule is COc1ccc(COc2nc(SC(C)C)nc(OCc3ccc(OC)cc3)c2C(=O)Nc2ccc(-c3c[nH]nn3)c(F)c2)cc1. The maximum atomic E-state index is 15.0. The topological polar surface area (TPSA) is 133 Å². The van der Waals surface area contributed by atoms with Crippen LogP contribution >= 0.6 is 11.8 Å². The number of nitrogens with one attached hydrogen (secondary N) is 2. The summed E-state index contributed by atoms with van der Waals surface area (Å²) in [6, 6.07) is 18.9. The average Bonchev–Trinajstić information content (AvgIpc) is 3.57. The number of aromatic nitrogens is 5. The Bertz CT molecular complexity index is 1660. The number of ether oxygens (including phenoxy) is 4. The van der Waals surface area contributed by atoms with E-state index in [0.717, 1.165) is 11.1 Å². The van der Waals surface area contributed by atoms with Gasteiger partial charge in [-0.15, -0.1) is 5.10 Å². The monoisotopic (exact) mass is 630 g/mol. The fraction of sp³-hybridized carbons (Fsp3) is 0.219. The number of aromatic amines is 1. The summed E-state index contributed by atoms with van der Waals surface area (Å²) in [6.07, 6.45) is 1.48. The number of anilines is 1. The van der Waals surface area contributed by atoms with E-state index < -0.39 is 11.7 Å². The van der Waals surface area contributed by atoms with Crippen molar-refractivity contribution in [1.82, 2.24) is 25.4 Å². The van der Waals surface area contributed by atoms with E-state index in [4.69, 9.17) is 18.9 Å². The lowest BCUT2D eigenvalue weighted by molar-refractivity contribution is 0.101. The van der Waals surface area contributed by atoms with E-state index in [1.54, 1.807) is 20.3 Å². The fourth-order valence-electron chi connectivity index (χ4n) is 4.14. The number of methoxy groups -OCH3 is 2. The van der Waals surface area contributed by atoms with Crippen LogP contribution in [0, 0.1) is 5.82 Å². The highest BCUT2D eigenvalue weighted by atomic mass is 32.2. The van der Waals surface area contributed by atoms with E-state index in [9.17, 15) is 9.18 Å². The van der Waals surface area contributed by atoms with Crippen molar-refractivity contribution in [3.8, 4) is 34.5 Å². The third-order valence-corrected chi connectivity index (χ3v) is 7.24. The predicted octanol–water partition coefficient (Wildman–Crippen LogP) is 6.33. The van der Waals surface area contributed by atoms with E-state index in [2.05, 4.69) is 30.7 Å². The second-order valence-electron chi connectivity index (χ2n) is 9.94. The number of carbonyl (C=O) groups is 1. The van der Waals surface area contributed by atoms with Gasteiger partial charge in [0.05, 0.1) is 20.4 Å². The van der Waals surface area contributed by atoms with Crippen LogP contribution in [-0.2, 0) is 13.2 Å². The lowest BCUT2D eigenvalue weighted by Gasteiger charge is -2.17. The molecule has 2 aromatic heterocycles. The molecule has 0 atom stereocenters. The second kappa shape index (κ2) is 14.5. The molecule has 0 radical (unpaired) electrons. The largest absolute Gasteiger partial charge is 0.497 e. The molecule has 0 unspecified atom stereocenters. The molecule has 5 aromatic rings. The fourth-order valence-corrected chi connectivity index (χ4v) is 4.84. The predicted molar refractivity (Wildman–Crippen MR) is 167 cm³/mol. The van der Waals surface area contributed by atoms with Crippen molar-refractivity contribution in [2.45, 2.75) is 37.5 Å². The van der Waals surface area contributed by atoms with Crippen LogP contribution < -0.4 is 24.3 Å². The lowest BCUT2D eigenvalue weighted by atomic mass is 10.1. The van der Waals surface area contributed by atoms with Crippen molar-refractivity contribution >= 4 is 23.4 Å². The second-order valence-corrected chi connectivity index (χ2v) is 11.5. The Balaban J connectivity index is 1.49. The first kappa shape index (κ1) is 31.3. The Kier molecular flexibility index (Phi) is 10.1. The number of amides is 1. The van der Waals surface area contributed by atoms with Gasteiger partial charge in [0.2, 0.25) is 11.8 Å². The van der Waals surface area contributed by atoms with Gasteiger partial charge in [-0.05, 0) is 53.6 Å². The summed E-state index contributed by atoms with van der Waals surface area (Å²) in [7, 11) is 3.18. The molecule has 1 amide bonds. The number of H-pyrrole nitrogens is 1. The highest BCUT2D eigenvalue weighted by Crippen LogP contribution is 2.33. The number of hydrogen-bond acceptors (Lipinski definition) is 10. The molecule has 232 valence electrons. The number of rotatable bonds is 13. The van der Waals surface area contributed by atoms with Crippen LogP contribution in [0.3, 0.4) is 0 Å². The Morgan fingerprint density at radius 2 is 1.47 bits per heavy atom. The van der Waals surface area contributed by atoms with Crippen LogP contribution in [0.2, 0.25) is 0 Å². The molecule has 0 saturated heterocycles. The number of thioether (sulfide) groups is 1. The van der Waals surface area contributed by atoms with Gasteiger partial charge in [-0.25, -0.2) is 4.39 Å². The minimum atomic E-state index is -0.640. The molecular weight excluding hydrogens is 599 g/mol. The van der Waals surface area contributed by atoms with Gasteiger partial charge >= 0.3 is 0 Å². The quantitative estimate of drug-likeness (QED) is 0.112. The van der Waals surface area contributed by atoms with Crippen LogP contribution in [0.1, 0.15) is 35.3 Å². The maximum absolute atomic E-state index is 15.0. The van der Waals surface area contributed by atoms with Crippen molar-refractivity contribution in [2.75, 3.05) is 19.5 Å². The summed E-state index contributed by atoms with van der Waals surface area (Å²) in [5, 5.41) is 13.3. The summed E-state index contributed by atoms with van der Waals surface area (Å²) >= 11 is 1.40. The van der Waals surface area contributed by atoms with Crippen molar-refractivity contribution in [1.29, 1.82) is 0 Å². The zero-order valence-corrected chi connectivity index (χ0v) is 25.9. The lowest BCUT2D eigenvalue weighted by Crippen LogP contribution is -2.18. The number of halogens is 1. The standard InChI is InChI=1S/C32H31FN6O5S/c1-19(2)45-32-36-30(43-17-20-5-10-23(41-3)11-6-20)28(31(37-32)44-18-21-7-12-24(42-4)13-8-21)29(40)35-22-9-14-25(26(33)15-22)27-16-34-39-38-27/h5-16,19H,17-18H2,1-4H3,(H,35,40)(H,34,38,39). The van der Waals surface area contributed by atoms with E-state index >= 15 is 0 Å². The highest BCUT2D eigenvalue weighted by molar-refractivity contribution is 7.99. The van der Waals surface area contributed by atoms with E-state index in [0.29, 0.717) is 22.3 Å². The summed E-state index contributed by atoms with van der Waals surface area (Å²) < 4.78 is 37.8. The minimum absolute atomic E-state index is 0.0193. The molecule has 2 heterocycles. The average molecular weight is 631 g/mol. The van der Waals surface area contributed by atoms with E-state index in [1.807, 2.05) is 62.4 Å². The first-order valence-electron chi connectivity index (χ1n) is 13.9. The van der Waals surface area contributed by atoms with Gasteiger partial charge in [0.15, 0.2) is 10.7 Å². The summed E-state index contributed by atoms with van der Waals surface area (Å²) in [5.41, 5.74) is 2.38. The molecular formula is C32H31FN6O5S. The Labute approximate surface area is 263 Å². The van der Waals surface area contributed by atoms with Crippen LogP contribution in [0.15, 0.2) is 78.1 Å². The molecule has 5 rings (SSSR count). The van der Waals surface area contributed by atoms with Crippen LogP contribution in [0.4, 0.5) is 10.1 Å². The molecule has 11 nitrogen and oxygen atoms in total. The summed E-state index contributed by atoms with van der Waals surface area (Å²) in [6.45, 7) is 4.21. The number of nitrogens with zero attached hydrogens (tertiary/aromatic N) is 4. The molecule has 3 aromatic carbocycles. The molecule has 0 spiro atoms. The Morgan fingerprint density at radius 1 is 0.889 bits per heavy atom. The molecule has 45 heavy (non-hydrogen) atoms. The van der Waals surface area contributed by atoms with Gasteiger partial charge in [0.1, 0.15) is 36.2 Å². The van der Waals surface area contributed by atoms with Crippen molar-refractivity contribution in [3.05, 3.63) is 95.4 Å². The van der Waals surface area contributed by atoms with Gasteiger partial charge in [-0.1, -0.05) is 55.1 Å².